The summed E-state index contributed by atoms with van der Waals surface area (Å²) in [5.74, 6) is 0.296. The van der Waals surface area contributed by atoms with Gasteiger partial charge in [0.1, 0.15) is 9.71 Å². The lowest BCUT2D eigenvalue weighted by Crippen LogP contribution is -2.36. The van der Waals surface area contributed by atoms with Crippen LogP contribution >= 0.6 is 11.3 Å². The van der Waals surface area contributed by atoms with Gasteiger partial charge in [-0.25, -0.2) is 14.8 Å². The molecule has 3 aromatic heterocycles. The van der Waals surface area contributed by atoms with E-state index in [4.69, 9.17) is 10.5 Å². The molecule has 4 N–H and O–H groups in total. The van der Waals surface area contributed by atoms with Crippen LogP contribution in [0.1, 0.15) is 48.3 Å². The van der Waals surface area contributed by atoms with E-state index in [0.29, 0.717) is 32.6 Å². The molecule has 0 saturated heterocycles. The Kier molecular flexibility index (Phi) is 5.41. The lowest BCUT2D eigenvalue weighted by molar-refractivity contribution is 0.0942. The van der Waals surface area contributed by atoms with Crippen LogP contribution in [0.4, 0.5) is 21.9 Å². The molecule has 5 rings (SSSR count). The number of aromatic nitrogens is 2. The van der Waals surface area contributed by atoms with Gasteiger partial charge in [-0.1, -0.05) is 0 Å². The van der Waals surface area contributed by atoms with Crippen LogP contribution < -0.4 is 26.0 Å². The van der Waals surface area contributed by atoms with Crippen LogP contribution in [0.25, 0.3) is 10.2 Å². The number of carbonyl (C=O) groups is 2. The summed E-state index contributed by atoms with van der Waals surface area (Å²) in [5, 5.41) is 6.74. The van der Waals surface area contributed by atoms with Crippen LogP contribution in [-0.2, 0) is 0 Å². The van der Waals surface area contributed by atoms with Gasteiger partial charge in [-0.3, -0.25) is 9.69 Å². The predicted molar refractivity (Wildman–Crippen MR) is 129 cm³/mol. The fraction of sp³-hybridized carbons (Fsp3) is 0.391. The molecular formula is C23H26N6O3S. The van der Waals surface area contributed by atoms with E-state index in [2.05, 4.69) is 20.6 Å². The number of hydrogen-bond acceptors (Lipinski definition) is 7. The van der Waals surface area contributed by atoms with Crippen molar-refractivity contribution in [1.82, 2.24) is 15.3 Å². The lowest BCUT2D eigenvalue weighted by atomic mass is 10.1. The minimum Gasteiger partial charge on any atom is -0.475 e. The number of ether oxygens (including phenoxy) is 1. The molecule has 9 nitrogen and oxygen atoms in total. The SMILES string of the molecule is Cc1cc(OC(C)C)ncc1N1C(=O)Nc2c(C(=O)N[C@H]3CC[C@H](N)C3)sc3nccc1c23. The van der Waals surface area contributed by atoms with Gasteiger partial charge in [0.25, 0.3) is 5.91 Å². The van der Waals surface area contributed by atoms with E-state index in [1.807, 2.05) is 26.8 Å². The van der Waals surface area contributed by atoms with Crippen LogP contribution in [0.5, 0.6) is 5.88 Å². The largest absolute Gasteiger partial charge is 0.475 e. The minimum absolute atomic E-state index is 0.00115. The molecule has 0 spiro atoms. The monoisotopic (exact) mass is 466 g/mol. The Bertz CT molecular complexity index is 1260. The molecule has 0 bridgehead atoms. The summed E-state index contributed by atoms with van der Waals surface area (Å²) in [7, 11) is 0. The molecule has 1 fully saturated rings. The zero-order valence-electron chi connectivity index (χ0n) is 18.7. The number of pyridine rings is 2. The summed E-state index contributed by atoms with van der Waals surface area (Å²) in [5.41, 5.74) is 8.64. The molecule has 1 saturated carbocycles. The van der Waals surface area contributed by atoms with E-state index in [1.165, 1.54) is 11.3 Å². The summed E-state index contributed by atoms with van der Waals surface area (Å²) in [4.78, 5) is 37.9. The van der Waals surface area contributed by atoms with Gasteiger partial charge >= 0.3 is 6.03 Å². The molecule has 3 amide bonds. The summed E-state index contributed by atoms with van der Waals surface area (Å²) < 4.78 is 5.68. The van der Waals surface area contributed by atoms with Crippen molar-refractivity contribution < 1.29 is 14.3 Å². The number of aryl methyl sites for hydroxylation is 1. The van der Waals surface area contributed by atoms with E-state index >= 15 is 0 Å². The molecule has 1 aliphatic heterocycles. The van der Waals surface area contributed by atoms with Gasteiger partial charge in [0.2, 0.25) is 5.88 Å². The highest BCUT2D eigenvalue weighted by Gasteiger charge is 2.34. The quantitative estimate of drug-likeness (QED) is 0.521. The van der Waals surface area contributed by atoms with Gasteiger partial charge in [-0.15, -0.1) is 11.3 Å². The van der Waals surface area contributed by atoms with Gasteiger partial charge in [0, 0.05) is 24.3 Å². The van der Waals surface area contributed by atoms with Gasteiger partial charge < -0.3 is 21.1 Å². The second kappa shape index (κ2) is 8.27. The first-order valence-electron chi connectivity index (χ1n) is 11.0. The molecule has 10 heteroatoms. The maximum Gasteiger partial charge on any atom is 0.331 e. The number of nitrogens with zero attached hydrogens (tertiary/aromatic N) is 3. The van der Waals surface area contributed by atoms with Crippen LogP contribution in [-0.4, -0.2) is 40.1 Å². The van der Waals surface area contributed by atoms with Crippen LogP contribution in [0.2, 0.25) is 0 Å². The number of hydrogen-bond donors (Lipinski definition) is 3. The number of rotatable bonds is 5. The molecule has 0 aromatic carbocycles. The summed E-state index contributed by atoms with van der Waals surface area (Å²) >= 11 is 1.28. The molecule has 3 aromatic rings. The second-order valence-electron chi connectivity index (χ2n) is 8.80. The number of anilines is 3. The first kappa shape index (κ1) is 21.6. The highest BCUT2D eigenvalue weighted by Crippen LogP contribution is 2.46. The second-order valence-corrected chi connectivity index (χ2v) is 9.80. The van der Waals surface area contributed by atoms with Crippen molar-refractivity contribution in [2.75, 3.05) is 10.2 Å². The standard InChI is InChI=1S/C23H26N6O3S/c1-11(2)32-17-8-12(3)16(10-26-17)29-15-6-7-25-22-18(15)19(28-23(29)31)20(33-22)21(30)27-14-5-4-13(24)9-14/h6-8,10-11,13-14H,4-5,9,24H2,1-3H3,(H,27,30)(H,28,31)/t13-,14-/m0/s1. The number of amides is 3. The smallest absolute Gasteiger partial charge is 0.331 e. The third-order valence-electron chi connectivity index (χ3n) is 5.92. The third kappa shape index (κ3) is 3.89. The summed E-state index contributed by atoms with van der Waals surface area (Å²) in [6.07, 6.45) is 5.81. The van der Waals surface area contributed by atoms with Gasteiger partial charge in [-0.2, -0.15) is 0 Å². The molecule has 0 radical (unpaired) electrons. The Hall–Kier alpha value is -3.24. The summed E-state index contributed by atoms with van der Waals surface area (Å²) in [6.45, 7) is 5.78. The highest BCUT2D eigenvalue weighted by atomic mass is 32.1. The molecule has 172 valence electrons. The molecule has 33 heavy (non-hydrogen) atoms. The first-order valence-corrected chi connectivity index (χ1v) is 11.9. The maximum atomic E-state index is 13.3. The first-order chi connectivity index (χ1) is 15.8. The number of carbonyl (C=O) groups excluding carboxylic acids is 2. The molecule has 0 unspecified atom stereocenters. The van der Waals surface area contributed by atoms with Crippen LogP contribution in [0, 0.1) is 6.92 Å². The van der Waals surface area contributed by atoms with E-state index < -0.39 is 0 Å². The Balaban J connectivity index is 1.53. The highest BCUT2D eigenvalue weighted by molar-refractivity contribution is 7.21. The van der Waals surface area contributed by atoms with Gasteiger partial charge in [-0.05, 0) is 51.7 Å². The molecule has 2 atom stereocenters. The Morgan fingerprint density at radius 3 is 2.85 bits per heavy atom. The molecule has 4 heterocycles. The fourth-order valence-corrected chi connectivity index (χ4v) is 5.47. The molecule has 1 aliphatic carbocycles. The molecule has 2 aliphatic rings. The Morgan fingerprint density at radius 1 is 1.33 bits per heavy atom. The fourth-order valence-electron chi connectivity index (χ4n) is 4.45. The van der Waals surface area contributed by atoms with Crippen molar-refractivity contribution >= 4 is 50.6 Å². The summed E-state index contributed by atoms with van der Waals surface area (Å²) in [6, 6.07) is 3.41. The van der Waals surface area contributed by atoms with Crippen molar-refractivity contribution in [3.63, 3.8) is 0 Å². The zero-order valence-corrected chi connectivity index (χ0v) is 19.5. The topological polar surface area (TPSA) is 122 Å². The maximum absolute atomic E-state index is 13.3. The van der Waals surface area contributed by atoms with Crippen LogP contribution in [0.15, 0.2) is 24.5 Å². The van der Waals surface area contributed by atoms with Crippen molar-refractivity contribution in [2.45, 2.75) is 58.2 Å². The average molecular weight is 467 g/mol. The van der Waals surface area contributed by atoms with Crippen molar-refractivity contribution in [3.05, 3.63) is 35.0 Å². The normalized spacial score (nSPS) is 19.8. The van der Waals surface area contributed by atoms with Crippen LogP contribution in [0.3, 0.4) is 0 Å². The number of nitrogens with two attached hydrogens (primary N) is 1. The number of urea groups is 1. The van der Waals surface area contributed by atoms with Gasteiger partial charge in [0.05, 0.1) is 34.7 Å². The van der Waals surface area contributed by atoms with E-state index in [9.17, 15) is 9.59 Å². The molecular weight excluding hydrogens is 440 g/mol. The Morgan fingerprint density at radius 2 is 2.15 bits per heavy atom. The Labute approximate surface area is 195 Å². The minimum atomic E-state index is -0.354. The lowest BCUT2D eigenvalue weighted by Gasteiger charge is -2.29. The predicted octanol–water partition coefficient (Wildman–Crippen LogP) is 4.08. The van der Waals surface area contributed by atoms with E-state index in [-0.39, 0.29) is 30.1 Å². The van der Waals surface area contributed by atoms with E-state index in [0.717, 1.165) is 30.2 Å². The van der Waals surface area contributed by atoms with Crippen molar-refractivity contribution in [2.24, 2.45) is 5.73 Å². The third-order valence-corrected chi connectivity index (χ3v) is 7.01. The van der Waals surface area contributed by atoms with Crippen molar-refractivity contribution in [1.29, 1.82) is 0 Å². The van der Waals surface area contributed by atoms with Crippen molar-refractivity contribution in [3.8, 4) is 5.88 Å². The average Bonchev–Trinajstić information content (AvgIpc) is 3.33. The number of nitrogens with one attached hydrogen (secondary N) is 2. The zero-order chi connectivity index (χ0) is 23.3. The van der Waals surface area contributed by atoms with Gasteiger partial charge in [0.15, 0.2) is 0 Å². The number of thiophene rings is 1. The van der Waals surface area contributed by atoms with E-state index in [1.54, 1.807) is 23.4 Å².